The van der Waals surface area contributed by atoms with E-state index < -0.39 is 30.1 Å². The highest BCUT2D eigenvalue weighted by Gasteiger charge is 2.40. The van der Waals surface area contributed by atoms with Crippen molar-refractivity contribution in [3.63, 3.8) is 0 Å². The van der Waals surface area contributed by atoms with Gasteiger partial charge in [-0.25, -0.2) is 4.79 Å². The first kappa shape index (κ1) is 22.8. The monoisotopic (exact) mass is 452 g/mol. The van der Waals surface area contributed by atoms with Gasteiger partial charge in [-0.1, -0.05) is 48.5 Å². The van der Waals surface area contributed by atoms with Gasteiger partial charge in [0.2, 0.25) is 5.91 Å². The van der Waals surface area contributed by atoms with Crippen LogP contribution in [0.2, 0.25) is 0 Å². The number of alkyl carbamates (subject to hydrolysis) is 1. The number of aliphatic carboxylic acids is 1. The van der Waals surface area contributed by atoms with Gasteiger partial charge in [0.15, 0.2) is 0 Å². The molecule has 8 heteroatoms. The van der Waals surface area contributed by atoms with E-state index in [-0.39, 0.29) is 31.6 Å². The predicted octanol–water partition coefficient (Wildman–Crippen LogP) is 2.86. The van der Waals surface area contributed by atoms with E-state index in [0.717, 1.165) is 22.3 Å². The maximum absolute atomic E-state index is 13.0. The SMILES string of the molecule is CCN(C(=O)[C@H](C)NC(=O)OCC1c2ccccc2-c2ccccc21)C1COCC1C(=O)O. The molecule has 8 nitrogen and oxygen atoms in total. The van der Waals surface area contributed by atoms with Crippen LogP contribution in [0.15, 0.2) is 48.5 Å². The zero-order chi connectivity index (χ0) is 23.5. The van der Waals surface area contributed by atoms with Crippen LogP contribution in [-0.2, 0) is 19.1 Å². The summed E-state index contributed by atoms with van der Waals surface area (Å²) in [4.78, 5) is 38.4. The number of benzene rings is 2. The van der Waals surface area contributed by atoms with Crippen molar-refractivity contribution in [2.75, 3.05) is 26.4 Å². The molecule has 0 saturated carbocycles. The van der Waals surface area contributed by atoms with Gasteiger partial charge in [0.25, 0.3) is 0 Å². The number of carbonyl (C=O) groups is 3. The molecule has 2 aromatic carbocycles. The van der Waals surface area contributed by atoms with Gasteiger partial charge in [0.1, 0.15) is 18.6 Å². The Morgan fingerprint density at radius 1 is 1.09 bits per heavy atom. The Balaban J connectivity index is 1.38. The molecule has 1 fully saturated rings. The number of carboxylic acids is 1. The van der Waals surface area contributed by atoms with Crippen LogP contribution in [0.5, 0.6) is 0 Å². The van der Waals surface area contributed by atoms with Gasteiger partial charge in [-0.2, -0.15) is 0 Å². The molecule has 1 heterocycles. The second-order valence-electron chi connectivity index (χ2n) is 8.37. The summed E-state index contributed by atoms with van der Waals surface area (Å²) in [7, 11) is 0. The minimum atomic E-state index is -0.999. The Morgan fingerprint density at radius 3 is 2.27 bits per heavy atom. The van der Waals surface area contributed by atoms with Crippen LogP contribution in [-0.4, -0.2) is 66.4 Å². The molecule has 33 heavy (non-hydrogen) atoms. The van der Waals surface area contributed by atoms with Gasteiger partial charge in [-0.05, 0) is 36.1 Å². The van der Waals surface area contributed by atoms with Gasteiger partial charge >= 0.3 is 12.1 Å². The molecular formula is C25H28N2O6. The van der Waals surface area contributed by atoms with E-state index in [0.29, 0.717) is 6.54 Å². The molecular weight excluding hydrogens is 424 g/mol. The predicted molar refractivity (Wildman–Crippen MR) is 121 cm³/mol. The number of amides is 2. The summed E-state index contributed by atoms with van der Waals surface area (Å²) >= 11 is 0. The number of fused-ring (bicyclic) bond motifs is 3. The summed E-state index contributed by atoms with van der Waals surface area (Å²) in [5.41, 5.74) is 4.48. The first-order valence-electron chi connectivity index (χ1n) is 11.1. The maximum atomic E-state index is 13.0. The number of ether oxygens (including phenoxy) is 2. The van der Waals surface area contributed by atoms with E-state index in [1.165, 1.54) is 4.90 Å². The van der Waals surface area contributed by atoms with Crippen LogP contribution in [0.25, 0.3) is 11.1 Å². The highest BCUT2D eigenvalue weighted by atomic mass is 16.5. The summed E-state index contributed by atoms with van der Waals surface area (Å²) in [5, 5.41) is 12.0. The third-order valence-electron chi connectivity index (χ3n) is 6.44. The van der Waals surface area contributed by atoms with Crippen molar-refractivity contribution >= 4 is 18.0 Å². The van der Waals surface area contributed by atoms with E-state index in [4.69, 9.17) is 9.47 Å². The molecule has 2 aliphatic rings. The molecule has 0 bridgehead atoms. The second kappa shape index (κ2) is 9.62. The molecule has 2 N–H and O–H groups in total. The van der Waals surface area contributed by atoms with Crippen molar-refractivity contribution in [2.45, 2.75) is 31.8 Å². The quantitative estimate of drug-likeness (QED) is 0.669. The second-order valence-corrected chi connectivity index (χ2v) is 8.37. The Hall–Kier alpha value is -3.39. The lowest BCUT2D eigenvalue weighted by Crippen LogP contribution is -2.53. The van der Waals surface area contributed by atoms with Crippen molar-refractivity contribution in [1.29, 1.82) is 0 Å². The lowest BCUT2D eigenvalue weighted by atomic mass is 9.98. The zero-order valence-electron chi connectivity index (χ0n) is 18.7. The van der Waals surface area contributed by atoms with Crippen LogP contribution in [0.4, 0.5) is 4.79 Å². The number of carboxylic acid groups (broad SMARTS) is 1. The summed E-state index contributed by atoms with van der Waals surface area (Å²) in [6.07, 6.45) is -0.689. The van der Waals surface area contributed by atoms with E-state index in [1.807, 2.05) is 36.4 Å². The Morgan fingerprint density at radius 2 is 1.70 bits per heavy atom. The fraction of sp³-hybridized carbons (Fsp3) is 0.400. The van der Waals surface area contributed by atoms with E-state index in [9.17, 15) is 19.5 Å². The topological polar surface area (TPSA) is 105 Å². The molecule has 1 aliphatic heterocycles. The number of carbonyl (C=O) groups excluding carboxylic acids is 2. The molecule has 174 valence electrons. The fourth-order valence-electron chi connectivity index (χ4n) is 4.77. The van der Waals surface area contributed by atoms with Crippen LogP contribution in [0, 0.1) is 5.92 Å². The first-order valence-corrected chi connectivity index (χ1v) is 11.1. The first-order chi connectivity index (χ1) is 15.9. The summed E-state index contributed by atoms with van der Waals surface area (Å²) < 4.78 is 10.8. The Bertz CT molecular complexity index is 1010. The average Bonchev–Trinajstić information content (AvgIpc) is 3.41. The third-order valence-corrected chi connectivity index (χ3v) is 6.44. The number of rotatable bonds is 7. The maximum Gasteiger partial charge on any atom is 0.407 e. The van der Waals surface area contributed by atoms with Crippen LogP contribution in [0.3, 0.4) is 0 Å². The molecule has 0 radical (unpaired) electrons. The van der Waals surface area contributed by atoms with Crippen LogP contribution >= 0.6 is 0 Å². The molecule has 2 aromatic rings. The summed E-state index contributed by atoms with van der Waals surface area (Å²) in [5.74, 6) is -2.22. The van der Waals surface area contributed by atoms with E-state index >= 15 is 0 Å². The van der Waals surface area contributed by atoms with Gasteiger partial charge in [-0.3, -0.25) is 9.59 Å². The minimum absolute atomic E-state index is 0.0674. The zero-order valence-corrected chi connectivity index (χ0v) is 18.7. The van der Waals surface area contributed by atoms with Gasteiger partial charge in [-0.15, -0.1) is 0 Å². The van der Waals surface area contributed by atoms with E-state index in [1.54, 1.807) is 13.8 Å². The molecule has 2 unspecified atom stereocenters. The number of likely N-dealkylation sites (N-methyl/N-ethyl adjacent to an activating group) is 1. The number of nitrogens with zero attached hydrogens (tertiary/aromatic N) is 1. The molecule has 1 saturated heterocycles. The molecule has 2 amide bonds. The van der Waals surface area contributed by atoms with Crippen molar-refractivity contribution in [3.05, 3.63) is 59.7 Å². The number of hydrogen-bond acceptors (Lipinski definition) is 5. The number of hydrogen-bond donors (Lipinski definition) is 2. The summed E-state index contributed by atoms with van der Waals surface area (Å²) in [6, 6.07) is 14.7. The Labute approximate surface area is 192 Å². The summed E-state index contributed by atoms with van der Waals surface area (Å²) in [6.45, 7) is 4.03. The van der Waals surface area contributed by atoms with E-state index in [2.05, 4.69) is 17.4 Å². The highest BCUT2D eigenvalue weighted by Crippen LogP contribution is 2.44. The van der Waals surface area contributed by atoms with Crippen molar-refractivity contribution in [1.82, 2.24) is 10.2 Å². The minimum Gasteiger partial charge on any atom is -0.481 e. The molecule has 4 rings (SSSR count). The standard InChI is InChI=1S/C25H28N2O6/c1-3-27(22-14-32-12-21(22)24(29)30)23(28)15(2)26-25(31)33-13-20-18-10-6-4-8-16(18)17-9-5-7-11-19(17)20/h4-11,15,20-22H,3,12-14H2,1-2H3,(H,26,31)(H,29,30)/t15-,21?,22?/m0/s1. The van der Waals surface area contributed by atoms with Gasteiger partial charge in [0, 0.05) is 12.5 Å². The highest BCUT2D eigenvalue weighted by molar-refractivity contribution is 5.86. The molecule has 3 atom stereocenters. The average molecular weight is 453 g/mol. The van der Waals surface area contributed by atoms with Crippen LogP contribution in [0.1, 0.15) is 30.9 Å². The van der Waals surface area contributed by atoms with Crippen LogP contribution < -0.4 is 5.32 Å². The van der Waals surface area contributed by atoms with Crippen molar-refractivity contribution < 1.29 is 29.0 Å². The van der Waals surface area contributed by atoms with Crippen molar-refractivity contribution in [3.8, 4) is 11.1 Å². The molecule has 0 spiro atoms. The van der Waals surface area contributed by atoms with Gasteiger partial charge < -0.3 is 24.8 Å². The lowest BCUT2D eigenvalue weighted by Gasteiger charge is -2.31. The largest absolute Gasteiger partial charge is 0.481 e. The molecule has 1 aliphatic carbocycles. The van der Waals surface area contributed by atoms with Crippen molar-refractivity contribution in [2.24, 2.45) is 5.92 Å². The Kier molecular flexibility index (Phi) is 6.65. The smallest absolute Gasteiger partial charge is 0.407 e. The third kappa shape index (κ3) is 4.43. The number of nitrogens with one attached hydrogen (secondary N) is 1. The fourth-order valence-corrected chi connectivity index (χ4v) is 4.77. The normalized spacial score (nSPS) is 19.9. The lowest BCUT2D eigenvalue weighted by molar-refractivity contribution is -0.145. The van der Waals surface area contributed by atoms with Gasteiger partial charge in [0.05, 0.1) is 19.3 Å². The molecule has 0 aromatic heterocycles.